The molecule has 0 amide bonds. The van der Waals surface area contributed by atoms with Crippen LogP contribution in [-0.2, 0) is 0 Å². The highest BCUT2D eigenvalue weighted by Crippen LogP contribution is 1.89. The van der Waals surface area contributed by atoms with Gasteiger partial charge in [0.25, 0.3) is 0 Å². The summed E-state index contributed by atoms with van der Waals surface area (Å²) in [5.41, 5.74) is 0. The van der Waals surface area contributed by atoms with Crippen molar-refractivity contribution in [2.45, 2.75) is 19.8 Å². The third-order valence-electron chi connectivity index (χ3n) is 2.28. The minimum Gasteiger partial charge on any atom is -0.0991 e. The van der Waals surface area contributed by atoms with E-state index in [0.717, 1.165) is 6.42 Å². The fourth-order valence-corrected chi connectivity index (χ4v) is 1.25. The van der Waals surface area contributed by atoms with Gasteiger partial charge >= 0.3 is 0 Å². The number of rotatable bonds is 10. The van der Waals surface area contributed by atoms with E-state index in [1.54, 1.807) is 6.08 Å². The molecule has 0 radical (unpaired) electrons. The Balaban J connectivity index is 3.82. The average molecular weight is 278 g/mol. The van der Waals surface area contributed by atoms with Crippen LogP contribution in [0.5, 0.6) is 0 Å². The quantitative estimate of drug-likeness (QED) is 0.404. The summed E-state index contributed by atoms with van der Waals surface area (Å²) < 4.78 is 0. The van der Waals surface area contributed by atoms with Gasteiger partial charge in [0.2, 0.25) is 0 Å². The lowest BCUT2D eigenvalue weighted by Crippen LogP contribution is -1.58. The first-order chi connectivity index (χ1) is 10.4. The van der Waals surface area contributed by atoms with Gasteiger partial charge in [-0.05, 0) is 6.42 Å². The zero-order valence-electron chi connectivity index (χ0n) is 12.9. The largest absolute Gasteiger partial charge is 0.0991 e. The van der Waals surface area contributed by atoms with Crippen LogP contribution in [0.4, 0.5) is 0 Å². The molecule has 0 spiro atoms. The molecule has 0 rings (SSSR count). The van der Waals surface area contributed by atoms with Crippen molar-refractivity contribution in [3.05, 3.63) is 110 Å². The zero-order valence-corrected chi connectivity index (χ0v) is 12.9. The topological polar surface area (TPSA) is 0 Å². The normalized spacial score (nSPS) is 14.0. The molecule has 0 nitrogen and oxygen atoms in total. The van der Waals surface area contributed by atoms with Crippen molar-refractivity contribution in [1.82, 2.24) is 0 Å². The average Bonchev–Trinajstić information content (AvgIpc) is 2.50. The summed E-state index contributed by atoms with van der Waals surface area (Å²) in [5, 5.41) is 0. The molecule has 0 bridgehead atoms. The lowest BCUT2D eigenvalue weighted by molar-refractivity contribution is 0.959. The maximum atomic E-state index is 3.60. The Hall–Kier alpha value is -2.34. The first kappa shape index (κ1) is 18.7. The van der Waals surface area contributed by atoms with Crippen molar-refractivity contribution in [2.24, 2.45) is 0 Å². The summed E-state index contributed by atoms with van der Waals surface area (Å²) in [6, 6.07) is 0. The highest BCUT2D eigenvalue weighted by Gasteiger charge is 1.68. The van der Waals surface area contributed by atoms with Gasteiger partial charge in [-0.2, -0.15) is 0 Å². The third kappa shape index (κ3) is 17.7. The van der Waals surface area contributed by atoms with Crippen LogP contribution < -0.4 is 0 Å². The summed E-state index contributed by atoms with van der Waals surface area (Å²) in [6.45, 7) is 5.78. The maximum Gasteiger partial charge on any atom is -0.0350 e. The second kappa shape index (κ2) is 17.7. The van der Waals surface area contributed by atoms with Crippen LogP contribution in [0.15, 0.2) is 110 Å². The molecule has 21 heavy (non-hydrogen) atoms. The van der Waals surface area contributed by atoms with Crippen LogP contribution in [-0.4, -0.2) is 0 Å². The van der Waals surface area contributed by atoms with E-state index in [9.17, 15) is 0 Å². The van der Waals surface area contributed by atoms with Crippen molar-refractivity contribution in [1.29, 1.82) is 0 Å². The molecule has 0 fully saturated rings. The van der Waals surface area contributed by atoms with E-state index in [-0.39, 0.29) is 0 Å². The first-order valence-electron chi connectivity index (χ1n) is 7.36. The van der Waals surface area contributed by atoms with E-state index >= 15 is 0 Å². The Labute approximate surface area is 130 Å². The fraction of sp³-hybridized carbons (Fsp3) is 0.143. The molecule has 0 aliphatic carbocycles. The number of hydrogen-bond donors (Lipinski definition) is 0. The van der Waals surface area contributed by atoms with Crippen LogP contribution in [0.25, 0.3) is 0 Å². The monoisotopic (exact) mass is 278 g/mol. The van der Waals surface area contributed by atoms with E-state index in [4.69, 9.17) is 0 Å². The Bertz CT molecular complexity index is 460. The molecule has 110 valence electrons. The van der Waals surface area contributed by atoms with Gasteiger partial charge in [-0.3, -0.25) is 0 Å². The summed E-state index contributed by atoms with van der Waals surface area (Å²) in [4.78, 5) is 0. The minimum absolute atomic E-state index is 1.14. The molecule has 0 aromatic carbocycles. The maximum absolute atomic E-state index is 3.60. The molecule has 0 aromatic rings. The van der Waals surface area contributed by atoms with Crippen molar-refractivity contribution >= 4 is 0 Å². The van der Waals surface area contributed by atoms with Crippen LogP contribution in [0.1, 0.15) is 19.8 Å². The van der Waals surface area contributed by atoms with Gasteiger partial charge < -0.3 is 0 Å². The minimum atomic E-state index is 1.14. The Kier molecular flexibility index (Phi) is 15.7. The molecule has 0 aliphatic heterocycles. The predicted octanol–water partition coefficient (Wildman–Crippen LogP) is 6.42. The summed E-state index contributed by atoms with van der Waals surface area (Å²) >= 11 is 0. The van der Waals surface area contributed by atoms with E-state index in [1.165, 1.54) is 6.42 Å². The number of unbranched alkanes of at least 4 members (excludes halogenated alkanes) is 1. The Morgan fingerprint density at radius 2 is 0.857 bits per heavy atom. The fourth-order valence-electron chi connectivity index (χ4n) is 1.25. The molecule has 0 heterocycles. The van der Waals surface area contributed by atoms with Crippen LogP contribution in [0.2, 0.25) is 0 Å². The third-order valence-corrected chi connectivity index (χ3v) is 2.28. The van der Waals surface area contributed by atoms with Gasteiger partial charge in [-0.25, -0.2) is 0 Å². The van der Waals surface area contributed by atoms with E-state index in [0.29, 0.717) is 0 Å². The summed E-state index contributed by atoms with van der Waals surface area (Å²) in [7, 11) is 0. The lowest BCUT2D eigenvalue weighted by atomic mass is 10.3. The number of hydrogen-bond acceptors (Lipinski definition) is 0. The molecule has 0 unspecified atom stereocenters. The molecule has 0 aromatic heterocycles. The molecule has 0 N–H and O–H groups in total. The molecule has 0 aliphatic rings. The smallest absolute Gasteiger partial charge is 0.0350 e. The van der Waals surface area contributed by atoms with Crippen molar-refractivity contribution in [2.75, 3.05) is 0 Å². The van der Waals surface area contributed by atoms with Gasteiger partial charge in [0.05, 0.1) is 0 Å². The van der Waals surface area contributed by atoms with Crippen LogP contribution in [0.3, 0.4) is 0 Å². The second-order valence-electron chi connectivity index (χ2n) is 4.15. The molecule has 0 atom stereocenters. The summed E-state index contributed by atoms with van der Waals surface area (Å²) in [5.74, 6) is 0. The van der Waals surface area contributed by atoms with Crippen LogP contribution >= 0.6 is 0 Å². The Morgan fingerprint density at radius 3 is 1.19 bits per heavy atom. The molecule has 0 heteroatoms. The zero-order chi connectivity index (χ0) is 15.4. The lowest BCUT2D eigenvalue weighted by Gasteiger charge is -1.79. The van der Waals surface area contributed by atoms with E-state index in [2.05, 4.69) is 25.7 Å². The van der Waals surface area contributed by atoms with Gasteiger partial charge in [0.1, 0.15) is 0 Å². The SMILES string of the molecule is C=CC=CC=CC=CC=CC=CC=CC=CC=CCCC. The van der Waals surface area contributed by atoms with Crippen molar-refractivity contribution in [3.8, 4) is 0 Å². The highest BCUT2D eigenvalue weighted by molar-refractivity contribution is 5.21. The van der Waals surface area contributed by atoms with Crippen molar-refractivity contribution in [3.63, 3.8) is 0 Å². The predicted molar refractivity (Wildman–Crippen MR) is 98.2 cm³/mol. The van der Waals surface area contributed by atoms with E-state index < -0.39 is 0 Å². The van der Waals surface area contributed by atoms with Gasteiger partial charge in [0.15, 0.2) is 0 Å². The van der Waals surface area contributed by atoms with E-state index in [1.807, 2.05) is 85.1 Å². The second-order valence-corrected chi connectivity index (χ2v) is 4.15. The number of allylic oxidation sites excluding steroid dienone is 17. The highest BCUT2D eigenvalue weighted by atomic mass is 13.8. The first-order valence-corrected chi connectivity index (χ1v) is 7.36. The molecule has 0 saturated heterocycles. The standard InChI is InChI=1S/C21H26/c1-3-5-7-9-11-13-15-17-19-21-20-18-16-14-12-10-8-6-4-2/h3,5,7-21H,1,4,6H2,2H3. The van der Waals surface area contributed by atoms with Gasteiger partial charge in [0, 0.05) is 0 Å². The molecule has 0 saturated carbocycles. The van der Waals surface area contributed by atoms with Crippen molar-refractivity contribution < 1.29 is 0 Å². The summed E-state index contributed by atoms with van der Waals surface area (Å²) in [6.07, 6.45) is 36.2. The van der Waals surface area contributed by atoms with Gasteiger partial charge in [-0.1, -0.05) is 123 Å². The molecular weight excluding hydrogens is 252 g/mol. The Morgan fingerprint density at radius 1 is 0.524 bits per heavy atom. The van der Waals surface area contributed by atoms with Gasteiger partial charge in [-0.15, -0.1) is 0 Å². The molecular formula is C21H26. The van der Waals surface area contributed by atoms with Crippen LogP contribution in [0, 0.1) is 0 Å².